The van der Waals surface area contributed by atoms with E-state index in [0.717, 1.165) is 12.8 Å². The van der Waals surface area contributed by atoms with Gasteiger partial charge in [-0.2, -0.15) is 18.3 Å². The zero-order valence-corrected chi connectivity index (χ0v) is 12.8. The molecule has 0 atom stereocenters. The van der Waals surface area contributed by atoms with Gasteiger partial charge in [0.05, 0.1) is 15.4 Å². The molecule has 1 aromatic carbocycles. The van der Waals surface area contributed by atoms with E-state index in [4.69, 9.17) is 0 Å². The molecule has 1 aromatic rings. The van der Waals surface area contributed by atoms with Gasteiger partial charge in [-0.3, -0.25) is 25.7 Å². The maximum absolute atomic E-state index is 12.8. The summed E-state index contributed by atoms with van der Waals surface area (Å²) >= 11 is 0. The molecule has 0 heterocycles. The van der Waals surface area contributed by atoms with Crippen LogP contribution in [0.4, 0.5) is 30.2 Å². The van der Waals surface area contributed by atoms with Gasteiger partial charge in [-0.15, -0.1) is 0 Å². The van der Waals surface area contributed by atoms with Gasteiger partial charge in [0, 0.05) is 18.3 Å². The molecule has 0 aromatic heterocycles. The van der Waals surface area contributed by atoms with Crippen molar-refractivity contribution in [2.75, 3.05) is 5.43 Å². The van der Waals surface area contributed by atoms with Gasteiger partial charge in [-0.1, -0.05) is 13.8 Å². The van der Waals surface area contributed by atoms with Crippen LogP contribution in [-0.2, 0) is 6.18 Å². The number of benzene rings is 1. The lowest BCUT2D eigenvalue weighted by Crippen LogP contribution is -2.09. The minimum atomic E-state index is -4.95. The van der Waals surface area contributed by atoms with Crippen molar-refractivity contribution in [3.63, 3.8) is 0 Å². The number of nitro benzene ring substituents is 2. The average Bonchev–Trinajstić information content (AvgIpc) is 2.49. The molecule has 0 amide bonds. The molecule has 0 saturated heterocycles. The molecule has 24 heavy (non-hydrogen) atoms. The highest BCUT2D eigenvalue weighted by Gasteiger charge is 2.37. The van der Waals surface area contributed by atoms with Crippen LogP contribution in [0.15, 0.2) is 17.2 Å². The number of anilines is 1. The molecule has 8 nitrogen and oxygen atoms in total. The van der Waals surface area contributed by atoms with Gasteiger partial charge in [-0.05, 0) is 18.8 Å². The summed E-state index contributed by atoms with van der Waals surface area (Å²) in [5.74, 6) is 0.0325. The van der Waals surface area contributed by atoms with Gasteiger partial charge in [0.1, 0.15) is 0 Å². The van der Waals surface area contributed by atoms with E-state index in [1.54, 1.807) is 0 Å². The summed E-state index contributed by atoms with van der Waals surface area (Å²) in [4.78, 5) is 19.8. The third-order valence-electron chi connectivity index (χ3n) is 3.33. The number of nitro groups is 2. The molecular formula is C13H15F3N4O4. The predicted molar refractivity (Wildman–Crippen MR) is 80.9 cm³/mol. The van der Waals surface area contributed by atoms with Crippen LogP contribution >= 0.6 is 0 Å². The van der Waals surface area contributed by atoms with Crippen molar-refractivity contribution in [1.29, 1.82) is 0 Å². The Balaban J connectivity index is 3.40. The number of halogens is 3. The first-order valence-corrected chi connectivity index (χ1v) is 6.95. The number of hydrogen-bond acceptors (Lipinski definition) is 6. The molecule has 0 aliphatic rings. The Bertz CT molecular complexity index is 622. The van der Waals surface area contributed by atoms with E-state index in [2.05, 4.69) is 10.5 Å². The lowest BCUT2D eigenvalue weighted by Gasteiger charge is -2.10. The monoisotopic (exact) mass is 348 g/mol. The van der Waals surface area contributed by atoms with E-state index in [0.29, 0.717) is 0 Å². The highest BCUT2D eigenvalue weighted by Crippen LogP contribution is 2.41. The van der Waals surface area contributed by atoms with Crippen LogP contribution in [0, 0.1) is 26.1 Å². The van der Waals surface area contributed by atoms with E-state index in [9.17, 15) is 33.4 Å². The number of rotatable bonds is 7. The SMILES string of the molecule is CCC(/C=N\Nc1c([N+](=O)[O-])cc(C(F)(F)F)cc1[N+](=O)[O-])CC. The van der Waals surface area contributed by atoms with Crippen molar-refractivity contribution >= 4 is 23.3 Å². The molecule has 1 rings (SSSR count). The Kier molecular flexibility index (Phi) is 6.20. The molecule has 0 aliphatic carbocycles. The molecule has 0 unspecified atom stereocenters. The molecule has 11 heteroatoms. The second-order valence-electron chi connectivity index (χ2n) is 4.87. The minimum Gasteiger partial charge on any atom is -0.266 e. The first-order valence-electron chi connectivity index (χ1n) is 6.95. The number of nitrogens with one attached hydrogen (secondary N) is 1. The van der Waals surface area contributed by atoms with Crippen LogP contribution in [0.5, 0.6) is 0 Å². The molecule has 1 N–H and O–H groups in total. The van der Waals surface area contributed by atoms with Crippen LogP contribution in [0.1, 0.15) is 32.3 Å². The van der Waals surface area contributed by atoms with Crippen molar-refractivity contribution < 1.29 is 23.0 Å². The van der Waals surface area contributed by atoms with Gasteiger partial charge in [-0.25, -0.2) is 0 Å². The molecule has 0 radical (unpaired) electrons. The topological polar surface area (TPSA) is 111 Å². The molecule has 0 saturated carbocycles. The van der Waals surface area contributed by atoms with Crippen molar-refractivity contribution in [2.24, 2.45) is 11.0 Å². The standard InChI is InChI=1S/C13H15F3N4O4/c1-3-8(4-2)7-17-18-12-10(19(21)22)5-9(13(14,15)16)6-11(12)20(23)24/h5-8,18H,3-4H2,1-2H3/b17-7-. The fourth-order valence-electron chi connectivity index (χ4n) is 1.88. The van der Waals surface area contributed by atoms with E-state index >= 15 is 0 Å². The van der Waals surface area contributed by atoms with Crippen LogP contribution in [0.25, 0.3) is 0 Å². The van der Waals surface area contributed by atoms with Crippen molar-refractivity contribution in [3.8, 4) is 0 Å². The summed E-state index contributed by atoms with van der Waals surface area (Å²) in [7, 11) is 0. The van der Waals surface area contributed by atoms with Gasteiger partial charge < -0.3 is 0 Å². The number of hydrogen-bond donors (Lipinski definition) is 1. The maximum atomic E-state index is 12.8. The summed E-state index contributed by atoms with van der Waals surface area (Å²) in [6.07, 6.45) is -2.10. The lowest BCUT2D eigenvalue weighted by molar-refractivity contribution is -0.392. The normalized spacial score (nSPS) is 11.9. The first kappa shape index (κ1) is 19.3. The van der Waals surface area contributed by atoms with Crippen LogP contribution in [0.3, 0.4) is 0 Å². The number of nitrogens with zero attached hydrogens (tertiary/aromatic N) is 3. The van der Waals surface area contributed by atoms with Crippen molar-refractivity contribution in [3.05, 3.63) is 37.9 Å². The average molecular weight is 348 g/mol. The van der Waals surface area contributed by atoms with Gasteiger partial charge in [0.25, 0.3) is 0 Å². The third kappa shape index (κ3) is 4.64. The fraction of sp³-hybridized carbons (Fsp3) is 0.462. The van der Waals surface area contributed by atoms with Crippen molar-refractivity contribution in [1.82, 2.24) is 0 Å². The predicted octanol–water partition coefficient (Wildman–Crippen LogP) is 4.36. The van der Waals surface area contributed by atoms with Crippen molar-refractivity contribution in [2.45, 2.75) is 32.9 Å². The fourth-order valence-corrected chi connectivity index (χ4v) is 1.88. The van der Waals surface area contributed by atoms with Crippen LogP contribution in [-0.4, -0.2) is 16.1 Å². The Morgan fingerprint density at radius 2 is 1.62 bits per heavy atom. The lowest BCUT2D eigenvalue weighted by atomic mass is 10.1. The van der Waals surface area contributed by atoms with E-state index in [1.165, 1.54) is 6.21 Å². The molecule has 132 valence electrons. The van der Waals surface area contributed by atoms with Gasteiger partial charge >= 0.3 is 17.6 Å². The number of hydrazone groups is 1. The Morgan fingerprint density at radius 3 is 1.96 bits per heavy atom. The summed E-state index contributed by atoms with van der Waals surface area (Å²) in [6, 6.07) is 0.476. The van der Waals surface area contributed by atoms with Gasteiger partial charge in [0.15, 0.2) is 0 Å². The maximum Gasteiger partial charge on any atom is 0.416 e. The zero-order chi connectivity index (χ0) is 18.5. The highest BCUT2D eigenvalue weighted by atomic mass is 19.4. The molecule has 0 fully saturated rings. The molecule has 0 bridgehead atoms. The zero-order valence-electron chi connectivity index (χ0n) is 12.8. The summed E-state index contributed by atoms with van der Waals surface area (Å²) in [6.45, 7) is 3.76. The Labute approximate surface area is 134 Å². The Hall–Kier alpha value is -2.72. The smallest absolute Gasteiger partial charge is 0.266 e. The first-order chi connectivity index (χ1) is 11.1. The van der Waals surface area contributed by atoms with E-state index < -0.39 is 38.6 Å². The minimum absolute atomic E-state index is 0.0325. The summed E-state index contributed by atoms with van der Waals surface area (Å²) < 4.78 is 38.3. The van der Waals surface area contributed by atoms with Crippen LogP contribution in [0.2, 0.25) is 0 Å². The largest absolute Gasteiger partial charge is 0.416 e. The highest BCUT2D eigenvalue weighted by molar-refractivity contribution is 5.76. The van der Waals surface area contributed by atoms with Gasteiger partial charge in [0.2, 0.25) is 5.69 Å². The van der Waals surface area contributed by atoms with Crippen LogP contribution < -0.4 is 5.43 Å². The third-order valence-corrected chi connectivity index (χ3v) is 3.33. The molecule has 0 aliphatic heterocycles. The quantitative estimate of drug-likeness (QED) is 0.447. The second kappa shape index (κ2) is 7.70. The summed E-state index contributed by atoms with van der Waals surface area (Å²) in [5, 5.41) is 25.7. The van der Waals surface area contributed by atoms with E-state index in [-0.39, 0.29) is 18.1 Å². The Morgan fingerprint density at radius 1 is 1.17 bits per heavy atom. The molecular weight excluding hydrogens is 333 g/mol. The molecule has 0 spiro atoms. The second-order valence-corrected chi connectivity index (χ2v) is 4.87. The summed E-state index contributed by atoms with van der Waals surface area (Å²) in [5.41, 5.74) is -2.17. The number of alkyl halides is 3. The van der Waals surface area contributed by atoms with E-state index in [1.807, 2.05) is 13.8 Å².